The molecule has 0 bridgehead atoms. The van der Waals surface area contributed by atoms with Crippen LogP contribution in [-0.4, -0.2) is 29.4 Å². The Balaban J connectivity index is 1.61. The second-order valence-corrected chi connectivity index (χ2v) is 7.45. The molecule has 0 aliphatic carbocycles. The van der Waals surface area contributed by atoms with Gasteiger partial charge in [-0.15, -0.1) is 0 Å². The number of hydrogen-bond acceptors (Lipinski definition) is 5. The average molecular weight is 434 g/mol. The molecule has 0 saturated carbocycles. The molecular formula is C25H27N3O4. The van der Waals surface area contributed by atoms with Crippen LogP contribution in [0.4, 0.5) is 5.69 Å². The number of aromatic nitrogens is 1. The van der Waals surface area contributed by atoms with E-state index in [1.54, 1.807) is 73.1 Å². The van der Waals surface area contributed by atoms with Crippen molar-refractivity contribution < 1.29 is 19.1 Å². The van der Waals surface area contributed by atoms with Crippen LogP contribution in [-0.2, 0) is 4.79 Å². The Morgan fingerprint density at radius 3 is 2.06 bits per heavy atom. The maximum Gasteiger partial charge on any atom is 0.251 e. The Morgan fingerprint density at radius 2 is 1.47 bits per heavy atom. The van der Waals surface area contributed by atoms with Crippen molar-refractivity contribution in [1.29, 1.82) is 0 Å². The van der Waals surface area contributed by atoms with Crippen LogP contribution in [0.5, 0.6) is 17.2 Å². The van der Waals surface area contributed by atoms with Crippen molar-refractivity contribution >= 4 is 17.5 Å². The van der Waals surface area contributed by atoms with Crippen molar-refractivity contribution in [2.45, 2.75) is 26.8 Å². The van der Waals surface area contributed by atoms with Gasteiger partial charge in [0, 0.05) is 23.6 Å². The van der Waals surface area contributed by atoms with Gasteiger partial charge in [0.15, 0.2) is 0 Å². The minimum atomic E-state index is -0.693. The molecule has 0 aliphatic heterocycles. The molecule has 32 heavy (non-hydrogen) atoms. The number of ether oxygens (including phenoxy) is 2. The van der Waals surface area contributed by atoms with E-state index in [1.807, 2.05) is 20.8 Å². The molecule has 1 atom stereocenters. The Hall–Kier alpha value is -3.87. The summed E-state index contributed by atoms with van der Waals surface area (Å²) in [6, 6.07) is 16.7. The molecule has 0 spiro atoms. The lowest BCUT2D eigenvalue weighted by molar-refractivity contribution is -0.118. The summed E-state index contributed by atoms with van der Waals surface area (Å²) in [5.41, 5.74) is 1.07. The van der Waals surface area contributed by atoms with Gasteiger partial charge in [0.2, 0.25) is 5.91 Å². The summed E-state index contributed by atoms with van der Waals surface area (Å²) >= 11 is 0. The van der Waals surface area contributed by atoms with E-state index in [0.717, 1.165) is 0 Å². The predicted octanol–water partition coefficient (Wildman–Crippen LogP) is 4.67. The average Bonchev–Trinajstić information content (AvgIpc) is 2.79. The molecule has 0 fully saturated rings. The molecule has 2 aromatic carbocycles. The number of carbonyl (C=O) groups is 2. The van der Waals surface area contributed by atoms with Crippen LogP contribution in [0.1, 0.15) is 31.1 Å². The highest BCUT2D eigenvalue weighted by Gasteiger charge is 2.25. The summed E-state index contributed by atoms with van der Waals surface area (Å²) in [5, 5.41) is 5.68. The largest absolute Gasteiger partial charge is 0.494 e. The smallest absolute Gasteiger partial charge is 0.251 e. The lowest BCUT2D eigenvalue weighted by Crippen LogP contribution is -2.47. The quantitative estimate of drug-likeness (QED) is 0.512. The van der Waals surface area contributed by atoms with Crippen molar-refractivity contribution in [2.24, 2.45) is 5.92 Å². The number of nitrogens with one attached hydrogen (secondary N) is 2. The molecule has 1 heterocycles. The maximum absolute atomic E-state index is 12.9. The topological polar surface area (TPSA) is 89.5 Å². The molecule has 3 aromatic rings. The number of rotatable bonds is 9. The lowest BCUT2D eigenvalue weighted by Gasteiger charge is -2.22. The third-order valence-electron chi connectivity index (χ3n) is 4.67. The third kappa shape index (κ3) is 6.31. The van der Waals surface area contributed by atoms with E-state index in [2.05, 4.69) is 15.6 Å². The zero-order valence-corrected chi connectivity index (χ0v) is 18.4. The zero-order chi connectivity index (χ0) is 22.9. The number of pyridine rings is 1. The van der Waals surface area contributed by atoms with E-state index in [-0.39, 0.29) is 17.7 Å². The molecule has 0 aliphatic rings. The van der Waals surface area contributed by atoms with Gasteiger partial charge in [-0.2, -0.15) is 0 Å². The minimum Gasteiger partial charge on any atom is -0.494 e. The molecule has 3 rings (SSSR count). The summed E-state index contributed by atoms with van der Waals surface area (Å²) < 4.78 is 11.1. The van der Waals surface area contributed by atoms with Gasteiger partial charge >= 0.3 is 0 Å². The van der Waals surface area contributed by atoms with Gasteiger partial charge < -0.3 is 20.1 Å². The normalized spacial score (nSPS) is 11.5. The lowest BCUT2D eigenvalue weighted by atomic mass is 10.0. The molecule has 0 radical (unpaired) electrons. The molecular weight excluding hydrogens is 406 g/mol. The fraction of sp³-hybridized carbons (Fsp3) is 0.240. The Labute approximate surface area is 187 Å². The van der Waals surface area contributed by atoms with E-state index in [1.165, 1.54) is 0 Å². The first-order valence-corrected chi connectivity index (χ1v) is 10.5. The third-order valence-corrected chi connectivity index (χ3v) is 4.67. The second kappa shape index (κ2) is 10.9. The van der Waals surface area contributed by atoms with Crippen molar-refractivity contribution in [2.75, 3.05) is 11.9 Å². The van der Waals surface area contributed by atoms with Crippen molar-refractivity contribution in [3.8, 4) is 17.2 Å². The highest BCUT2D eigenvalue weighted by atomic mass is 16.5. The number of anilines is 1. The minimum absolute atomic E-state index is 0.101. The Bertz CT molecular complexity index is 1020. The number of carbonyl (C=O) groups excluding carboxylic acids is 2. The van der Waals surface area contributed by atoms with Crippen molar-refractivity contribution in [1.82, 2.24) is 10.3 Å². The SMILES string of the molecule is CCOc1ccc(C(=O)NC(C(=O)Nc2ccc(Oc3ccncc3)cc2)C(C)C)cc1. The number of amides is 2. The molecule has 2 amide bonds. The summed E-state index contributed by atoms with van der Waals surface area (Å²) in [7, 11) is 0. The molecule has 7 nitrogen and oxygen atoms in total. The number of nitrogens with zero attached hydrogens (tertiary/aromatic N) is 1. The van der Waals surface area contributed by atoms with Gasteiger partial charge in [0.05, 0.1) is 6.61 Å². The first-order chi connectivity index (χ1) is 15.5. The maximum atomic E-state index is 12.9. The Morgan fingerprint density at radius 1 is 0.875 bits per heavy atom. The van der Waals surface area contributed by atoms with Gasteiger partial charge in [-0.05, 0) is 73.5 Å². The van der Waals surface area contributed by atoms with Crippen LogP contribution in [0.2, 0.25) is 0 Å². The fourth-order valence-electron chi connectivity index (χ4n) is 3.00. The molecule has 1 aromatic heterocycles. The van der Waals surface area contributed by atoms with Crippen LogP contribution >= 0.6 is 0 Å². The predicted molar refractivity (Wildman–Crippen MR) is 123 cm³/mol. The van der Waals surface area contributed by atoms with Gasteiger partial charge in [0.25, 0.3) is 5.91 Å². The number of hydrogen-bond donors (Lipinski definition) is 2. The standard InChI is InChI=1S/C25H27N3O4/c1-4-31-20-9-5-18(6-10-20)24(29)28-23(17(2)3)25(30)27-19-7-11-21(12-8-19)32-22-13-15-26-16-14-22/h5-17,23H,4H2,1-3H3,(H,27,30)(H,28,29). The van der Waals surface area contributed by atoms with Crippen molar-refractivity contribution in [3.05, 3.63) is 78.6 Å². The monoisotopic (exact) mass is 433 g/mol. The summed E-state index contributed by atoms with van der Waals surface area (Å²) in [6.07, 6.45) is 3.30. The first-order valence-electron chi connectivity index (χ1n) is 10.5. The van der Waals surface area contributed by atoms with E-state index < -0.39 is 6.04 Å². The van der Waals surface area contributed by atoms with Crippen molar-refractivity contribution in [3.63, 3.8) is 0 Å². The van der Waals surface area contributed by atoms with Crippen LogP contribution in [0.25, 0.3) is 0 Å². The highest BCUT2D eigenvalue weighted by molar-refractivity contribution is 6.01. The van der Waals surface area contributed by atoms with E-state index in [9.17, 15) is 9.59 Å². The summed E-state index contributed by atoms with van der Waals surface area (Å²) in [5.74, 6) is 1.30. The van der Waals surface area contributed by atoms with Crippen LogP contribution in [0, 0.1) is 5.92 Å². The summed E-state index contributed by atoms with van der Waals surface area (Å²) in [6.45, 7) is 6.22. The first kappa shape index (κ1) is 22.8. The van der Waals surface area contributed by atoms with E-state index >= 15 is 0 Å². The van der Waals surface area contributed by atoms with Gasteiger partial charge in [-0.25, -0.2) is 0 Å². The summed E-state index contributed by atoms with van der Waals surface area (Å²) in [4.78, 5) is 29.5. The van der Waals surface area contributed by atoms with Gasteiger partial charge in [-0.3, -0.25) is 14.6 Å². The van der Waals surface area contributed by atoms with Crippen LogP contribution in [0.15, 0.2) is 73.1 Å². The van der Waals surface area contributed by atoms with E-state index in [4.69, 9.17) is 9.47 Å². The number of benzene rings is 2. The fourth-order valence-corrected chi connectivity index (χ4v) is 3.00. The van der Waals surface area contributed by atoms with Crippen LogP contribution in [0.3, 0.4) is 0 Å². The Kier molecular flexibility index (Phi) is 7.80. The van der Waals surface area contributed by atoms with E-state index in [0.29, 0.717) is 35.1 Å². The zero-order valence-electron chi connectivity index (χ0n) is 18.4. The molecule has 0 saturated heterocycles. The molecule has 2 N–H and O–H groups in total. The second-order valence-electron chi connectivity index (χ2n) is 7.45. The molecule has 7 heteroatoms. The molecule has 166 valence electrons. The van der Waals surface area contributed by atoms with Gasteiger partial charge in [0.1, 0.15) is 23.3 Å². The molecule has 1 unspecified atom stereocenters. The highest BCUT2D eigenvalue weighted by Crippen LogP contribution is 2.22. The van der Waals surface area contributed by atoms with Crippen LogP contribution < -0.4 is 20.1 Å². The van der Waals surface area contributed by atoms with Gasteiger partial charge in [-0.1, -0.05) is 13.8 Å².